The molecule has 3 heterocycles. The summed E-state index contributed by atoms with van der Waals surface area (Å²) < 4.78 is 17.2. The number of pyridine rings is 1. The van der Waals surface area contributed by atoms with E-state index in [2.05, 4.69) is 10.2 Å². The number of carboxylic acids is 1. The number of aromatic nitrogens is 1. The minimum atomic E-state index is -1.10. The summed E-state index contributed by atoms with van der Waals surface area (Å²) in [5.41, 5.74) is 2.48. The third kappa shape index (κ3) is 8.58. The van der Waals surface area contributed by atoms with E-state index in [4.69, 9.17) is 37.4 Å². The quantitative estimate of drug-likeness (QED) is 0.0836. The fourth-order valence-electron chi connectivity index (χ4n) is 5.93. The second-order valence-electron chi connectivity index (χ2n) is 11.4. The molecule has 4 aromatic rings. The molecule has 5 rings (SSSR count). The normalized spacial score (nSPS) is 14.4. The van der Waals surface area contributed by atoms with Gasteiger partial charge in [-0.3, -0.25) is 10.2 Å². The summed E-state index contributed by atoms with van der Waals surface area (Å²) in [5, 5.41) is 26.0. The number of rotatable bonds is 15. The third-order valence-electron chi connectivity index (χ3n) is 8.36. The SMILES string of the molecule is COc1ccc([C@H](Cc2c(Cl)c[n+]([O-])cc2Cl)c2cc(CNC(C(=O)OCCN3CCCC3)c3ccccc3)sc2C(=O)O)cc1OC. The molecule has 0 bridgehead atoms. The van der Waals surface area contributed by atoms with Crippen LogP contribution in [0.15, 0.2) is 67.0 Å². The second kappa shape index (κ2) is 16.5. The van der Waals surface area contributed by atoms with Crippen molar-refractivity contribution in [1.29, 1.82) is 0 Å². The molecule has 1 aliphatic heterocycles. The fraction of sp³-hybridized carbons (Fsp3) is 0.343. The summed E-state index contributed by atoms with van der Waals surface area (Å²) in [4.78, 5) is 29.1. The number of methoxy groups -OCH3 is 2. The number of carbonyl (C=O) groups is 2. The molecule has 48 heavy (non-hydrogen) atoms. The Bertz CT molecular complexity index is 1710. The van der Waals surface area contributed by atoms with Gasteiger partial charge in [0, 0.05) is 29.4 Å². The maximum Gasteiger partial charge on any atom is 0.346 e. The van der Waals surface area contributed by atoms with E-state index in [0.717, 1.165) is 48.4 Å². The highest BCUT2D eigenvalue weighted by Gasteiger charge is 2.29. The van der Waals surface area contributed by atoms with Gasteiger partial charge >= 0.3 is 11.9 Å². The summed E-state index contributed by atoms with van der Waals surface area (Å²) in [6, 6.07) is 15.7. The minimum absolute atomic E-state index is 0.123. The number of carboxylic acid groups (broad SMARTS) is 1. The van der Waals surface area contributed by atoms with Crippen molar-refractivity contribution >= 4 is 46.5 Å². The second-order valence-corrected chi connectivity index (χ2v) is 13.4. The standard InChI is InChI=1S/C35H37Cl2N3O7S/c1-45-30-11-10-23(16-31(30)46-2)25(18-27-28(36)20-40(44)21-29(27)37)26-17-24(48-33(26)34(41)42)19-38-32(22-8-4-3-5-9-22)35(43)47-15-14-39-12-6-7-13-39/h3-5,8-11,16-17,20-21,25,32,38H,6-7,12-15,18-19H2,1-2H3,(H,41,42)/t25-,32?/m0/s1. The Hall–Kier alpha value is -3.87. The van der Waals surface area contributed by atoms with Gasteiger partial charge in [-0.1, -0.05) is 59.6 Å². The highest BCUT2D eigenvalue weighted by Crippen LogP contribution is 2.41. The van der Waals surface area contributed by atoms with Crippen LogP contribution in [0.2, 0.25) is 10.0 Å². The number of benzene rings is 2. The average Bonchev–Trinajstić information content (AvgIpc) is 3.75. The Labute approximate surface area is 293 Å². The molecule has 0 radical (unpaired) electrons. The Kier molecular flexibility index (Phi) is 12.2. The molecule has 13 heteroatoms. The van der Waals surface area contributed by atoms with Crippen LogP contribution >= 0.6 is 34.5 Å². The summed E-state index contributed by atoms with van der Waals surface area (Å²) >= 11 is 14.1. The Morgan fingerprint density at radius 3 is 2.33 bits per heavy atom. The van der Waals surface area contributed by atoms with Gasteiger partial charge in [0.05, 0.1) is 14.2 Å². The topological polar surface area (TPSA) is 124 Å². The summed E-state index contributed by atoms with van der Waals surface area (Å²) in [7, 11) is 3.05. The molecule has 0 aliphatic carbocycles. The van der Waals surface area contributed by atoms with Crippen molar-refractivity contribution in [1.82, 2.24) is 10.2 Å². The number of carbonyl (C=O) groups excluding carboxylic acids is 1. The zero-order valence-electron chi connectivity index (χ0n) is 26.6. The van der Waals surface area contributed by atoms with Crippen molar-refractivity contribution in [3.05, 3.63) is 114 Å². The van der Waals surface area contributed by atoms with Crippen molar-refractivity contribution < 1.29 is 33.6 Å². The molecular weight excluding hydrogens is 677 g/mol. The number of hydrogen-bond acceptors (Lipinski definition) is 9. The Balaban J connectivity index is 1.46. The Morgan fingerprint density at radius 1 is 1.00 bits per heavy atom. The van der Waals surface area contributed by atoms with E-state index < -0.39 is 23.9 Å². The number of likely N-dealkylation sites (tertiary alicyclic amines) is 1. The molecule has 2 aromatic carbocycles. The monoisotopic (exact) mass is 713 g/mol. The van der Waals surface area contributed by atoms with Gasteiger partial charge in [-0.2, -0.15) is 4.73 Å². The number of ether oxygens (including phenoxy) is 3. The molecule has 10 nitrogen and oxygen atoms in total. The summed E-state index contributed by atoms with van der Waals surface area (Å²) in [5.74, 6) is -1.08. The number of hydrogen-bond donors (Lipinski definition) is 2. The largest absolute Gasteiger partial charge is 0.619 e. The lowest BCUT2D eigenvalue weighted by Gasteiger charge is -2.21. The van der Waals surface area contributed by atoms with Crippen molar-refractivity contribution in [2.24, 2.45) is 0 Å². The van der Waals surface area contributed by atoms with Gasteiger partial charge in [0.15, 0.2) is 23.9 Å². The molecule has 1 saturated heterocycles. The number of halogens is 2. The predicted molar refractivity (Wildman–Crippen MR) is 184 cm³/mol. The van der Waals surface area contributed by atoms with Crippen LogP contribution in [0, 0.1) is 5.21 Å². The van der Waals surface area contributed by atoms with Crippen LogP contribution in [0.5, 0.6) is 11.5 Å². The summed E-state index contributed by atoms with van der Waals surface area (Å²) in [6.07, 6.45) is 4.92. The molecule has 1 fully saturated rings. The average molecular weight is 715 g/mol. The van der Waals surface area contributed by atoms with E-state index in [1.54, 1.807) is 12.1 Å². The van der Waals surface area contributed by atoms with E-state index in [9.17, 15) is 19.9 Å². The van der Waals surface area contributed by atoms with E-state index in [1.807, 2.05) is 42.5 Å². The molecule has 2 N–H and O–H groups in total. The Morgan fingerprint density at radius 2 is 1.69 bits per heavy atom. The zero-order chi connectivity index (χ0) is 34.2. The first-order valence-electron chi connectivity index (χ1n) is 15.5. The van der Waals surface area contributed by atoms with E-state index >= 15 is 0 Å². The molecule has 2 atom stereocenters. The van der Waals surface area contributed by atoms with Crippen molar-refractivity contribution in [3.8, 4) is 11.5 Å². The van der Waals surface area contributed by atoms with Gasteiger partial charge in [0.1, 0.15) is 27.6 Å². The van der Waals surface area contributed by atoms with Crippen LogP contribution < -0.4 is 19.5 Å². The molecule has 1 aliphatic rings. The van der Waals surface area contributed by atoms with Crippen molar-refractivity contribution in [2.45, 2.75) is 37.8 Å². The van der Waals surface area contributed by atoms with Gasteiger partial charge in [-0.05, 0) is 67.2 Å². The van der Waals surface area contributed by atoms with E-state index in [1.165, 1.54) is 26.6 Å². The molecule has 2 aromatic heterocycles. The van der Waals surface area contributed by atoms with Gasteiger partial charge in [0.2, 0.25) is 0 Å². The number of thiophene rings is 1. The number of esters is 1. The maximum absolute atomic E-state index is 13.4. The first-order valence-corrected chi connectivity index (χ1v) is 17.1. The smallest absolute Gasteiger partial charge is 0.346 e. The van der Waals surface area contributed by atoms with Gasteiger partial charge < -0.3 is 24.5 Å². The molecule has 1 unspecified atom stereocenters. The molecular formula is C35H37Cl2N3O7S. The lowest BCUT2D eigenvalue weighted by atomic mass is 9.85. The third-order valence-corrected chi connectivity index (χ3v) is 10.1. The first-order chi connectivity index (χ1) is 23.2. The number of nitrogens with one attached hydrogen (secondary N) is 1. The van der Waals surface area contributed by atoms with Gasteiger partial charge in [0.25, 0.3) is 0 Å². The van der Waals surface area contributed by atoms with Crippen LogP contribution in [0.1, 0.15) is 61.6 Å². The van der Waals surface area contributed by atoms with Crippen molar-refractivity contribution in [3.63, 3.8) is 0 Å². The van der Waals surface area contributed by atoms with E-state index in [-0.39, 0.29) is 27.9 Å². The first kappa shape index (κ1) is 35.4. The van der Waals surface area contributed by atoms with Crippen LogP contribution in [-0.4, -0.2) is 62.4 Å². The van der Waals surface area contributed by atoms with Gasteiger partial charge in [-0.15, -0.1) is 11.3 Å². The maximum atomic E-state index is 13.4. The molecule has 0 amide bonds. The molecule has 0 saturated carbocycles. The summed E-state index contributed by atoms with van der Waals surface area (Å²) in [6.45, 7) is 3.20. The highest BCUT2D eigenvalue weighted by molar-refractivity contribution is 7.14. The minimum Gasteiger partial charge on any atom is -0.619 e. The van der Waals surface area contributed by atoms with Crippen LogP contribution in [-0.2, 0) is 22.5 Å². The number of nitrogens with zero attached hydrogens (tertiary/aromatic N) is 2. The lowest BCUT2D eigenvalue weighted by Crippen LogP contribution is -2.32. The predicted octanol–water partition coefficient (Wildman–Crippen LogP) is 6.25. The van der Waals surface area contributed by atoms with Crippen molar-refractivity contribution in [2.75, 3.05) is 40.5 Å². The van der Waals surface area contributed by atoms with Crippen LogP contribution in [0.4, 0.5) is 0 Å². The molecule has 254 valence electrons. The number of aromatic carboxylic acids is 1. The zero-order valence-corrected chi connectivity index (χ0v) is 28.9. The highest BCUT2D eigenvalue weighted by atomic mass is 35.5. The van der Waals surface area contributed by atoms with Gasteiger partial charge in [-0.25, -0.2) is 9.59 Å². The molecule has 0 spiro atoms. The lowest BCUT2D eigenvalue weighted by molar-refractivity contribution is -0.605. The fourth-order valence-corrected chi connectivity index (χ4v) is 7.54. The van der Waals surface area contributed by atoms with Crippen LogP contribution in [0.3, 0.4) is 0 Å². The van der Waals surface area contributed by atoms with E-state index in [0.29, 0.717) is 45.4 Å². The van der Waals surface area contributed by atoms with Crippen LogP contribution in [0.25, 0.3) is 0 Å².